The Morgan fingerprint density at radius 3 is 2.83 bits per heavy atom. The van der Waals surface area contributed by atoms with E-state index in [9.17, 15) is 4.79 Å². The van der Waals surface area contributed by atoms with Crippen molar-refractivity contribution in [3.8, 4) is 5.75 Å². The van der Waals surface area contributed by atoms with Gasteiger partial charge in [-0.15, -0.1) is 0 Å². The van der Waals surface area contributed by atoms with Crippen LogP contribution in [0.5, 0.6) is 5.75 Å². The highest BCUT2D eigenvalue weighted by Gasteiger charge is 2.23. The molecule has 0 N–H and O–H groups in total. The van der Waals surface area contributed by atoms with Crippen LogP contribution >= 0.6 is 0 Å². The molecule has 2 heterocycles. The molecule has 98 valence electrons. The zero-order chi connectivity index (χ0) is 12.4. The lowest BCUT2D eigenvalue weighted by atomic mass is 9.96. The number of aromatic nitrogens is 2. The highest BCUT2D eigenvalue weighted by molar-refractivity contribution is 5.15. The predicted molar refractivity (Wildman–Crippen MR) is 65.6 cm³/mol. The van der Waals surface area contributed by atoms with Crippen molar-refractivity contribution >= 4 is 0 Å². The van der Waals surface area contributed by atoms with Crippen LogP contribution in [0.3, 0.4) is 0 Å². The molecule has 2 fully saturated rings. The van der Waals surface area contributed by atoms with Crippen LogP contribution in [0.4, 0.5) is 0 Å². The fourth-order valence-electron chi connectivity index (χ4n) is 2.29. The van der Waals surface area contributed by atoms with Gasteiger partial charge >= 0.3 is 5.56 Å². The summed E-state index contributed by atoms with van der Waals surface area (Å²) in [7, 11) is 0. The molecule has 5 heteroatoms. The van der Waals surface area contributed by atoms with Gasteiger partial charge in [-0.1, -0.05) is 0 Å². The molecule has 1 unspecified atom stereocenters. The van der Waals surface area contributed by atoms with E-state index in [0.717, 1.165) is 32.1 Å². The van der Waals surface area contributed by atoms with E-state index in [0.29, 0.717) is 12.4 Å². The molecule has 0 aromatic carbocycles. The van der Waals surface area contributed by atoms with Crippen molar-refractivity contribution in [2.45, 2.75) is 50.9 Å². The Kier molecular flexibility index (Phi) is 3.32. The first-order valence-corrected chi connectivity index (χ1v) is 6.71. The predicted octanol–water partition coefficient (Wildman–Crippen LogP) is 1.87. The second-order valence-corrected chi connectivity index (χ2v) is 4.94. The number of nitrogens with zero attached hydrogens (tertiary/aromatic N) is 2. The first kappa shape index (κ1) is 11.7. The second kappa shape index (κ2) is 5.10. The average molecular weight is 250 g/mol. The van der Waals surface area contributed by atoms with Crippen molar-refractivity contribution in [3.63, 3.8) is 0 Å². The molecule has 1 saturated carbocycles. The molecule has 1 saturated heterocycles. The van der Waals surface area contributed by atoms with Crippen LogP contribution in [0.25, 0.3) is 0 Å². The summed E-state index contributed by atoms with van der Waals surface area (Å²) >= 11 is 0. The summed E-state index contributed by atoms with van der Waals surface area (Å²) in [5, 5.41) is 4.11. The highest BCUT2D eigenvalue weighted by Crippen LogP contribution is 2.24. The summed E-state index contributed by atoms with van der Waals surface area (Å²) in [6.45, 7) is 0.701. The molecule has 0 amide bonds. The van der Waals surface area contributed by atoms with Gasteiger partial charge in [-0.3, -0.25) is 4.79 Å². The van der Waals surface area contributed by atoms with Crippen LogP contribution in [-0.2, 0) is 4.74 Å². The number of ether oxygens (including phenoxy) is 2. The maximum atomic E-state index is 12.2. The molecular weight excluding hydrogens is 232 g/mol. The van der Waals surface area contributed by atoms with Crippen molar-refractivity contribution in [2.24, 2.45) is 0 Å². The molecule has 18 heavy (non-hydrogen) atoms. The first-order valence-electron chi connectivity index (χ1n) is 6.71. The number of hydrogen-bond acceptors (Lipinski definition) is 4. The monoisotopic (exact) mass is 250 g/mol. The van der Waals surface area contributed by atoms with Gasteiger partial charge < -0.3 is 9.47 Å². The van der Waals surface area contributed by atoms with Gasteiger partial charge in [-0.2, -0.15) is 9.78 Å². The van der Waals surface area contributed by atoms with Gasteiger partial charge in [0.1, 0.15) is 0 Å². The van der Waals surface area contributed by atoms with E-state index in [1.165, 1.54) is 11.1 Å². The van der Waals surface area contributed by atoms with E-state index >= 15 is 0 Å². The van der Waals surface area contributed by atoms with Gasteiger partial charge in [0.05, 0.1) is 12.3 Å². The summed E-state index contributed by atoms with van der Waals surface area (Å²) in [5.41, 5.74) is -0.170. The minimum absolute atomic E-state index is 0.170. The Hall–Kier alpha value is -1.36. The minimum atomic E-state index is -0.226. The summed E-state index contributed by atoms with van der Waals surface area (Å²) in [4.78, 5) is 12.2. The average Bonchev–Trinajstić information content (AvgIpc) is 2.36. The molecule has 0 spiro atoms. The molecule has 1 aromatic rings. The molecule has 1 aliphatic heterocycles. The Morgan fingerprint density at radius 1 is 1.28 bits per heavy atom. The van der Waals surface area contributed by atoms with Crippen molar-refractivity contribution in [2.75, 3.05) is 6.61 Å². The third kappa shape index (κ3) is 2.27. The topological polar surface area (TPSA) is 53.3 Å². The first-order chi connectivity index (χ1) is 8.84. The van der Waals surface area contributed by atoms with Gasteiger partial charge in [0.15, 0.2) is 12.0 Å². The molecule has 2 aliphatic rings. The maximum Gasteiger partial charge on any atom is 0.311 e. The highest BCUT2D eigenvalue weighted by atomic mass is 16.5. The van der Waals surface area contributed by atoms with Gasteiger partial charge in [0.25, 0.3) is 0 Å². The van der Waals surface area contributed by atoms with Gasteiger partial charge in [0, 0.05) is 12.7 Å². The minimum Gasteiger partial charge on any atom is -0.485 e. The Balaban J connectivity index is 1.80. The van der Waals surface area contributed by atoms with Gasteiger partial charge in [-0.25, -0.2) is 0 Å². The number of rotatable bonds is 3. The quantitative estimate of drug-likeness (QED) is 0.821. The lowest BCUT2D eigenvalue weighted by molar-refractivity contribution is -0.0433. The van der Waals surface area contributed by atoms with E-state index in [-0.39, 0.29) is 17.9 Å². The largest absolute Gasteiger partial charge is 0.485 e. The molecule has 3 rings (SSSR count). The molecule has 5 nitrogen and oxygen atoms in total. The van der Waals surface area contributed by atoms with E-state index in [4.69, 9.17) is 9.47 Å². The van der Waals surface area contributed by atoms with Crippen LogP contribution in [0.2, 0.25) is 0 Å². The molecule has 0 radical (unpaired) electrons. The van der Waals surface area contributed by atoms with E-state index in [1.54, 1.807) is 12.3 Å². The molecule has 0 bridgehead atoms. The lowest BCUT2D eigenvalue weighted by Crippen LogP contribution is -2.34. The third-order valence-corrected chi connectivity index (χ3v) is 3.61. The van der Waals surface area contributed by atoms with Crippen LogP contribution in [0.15, 0.2) is 17.1 Å². The second-order valence-electron chi connectivity index (χ2n) is 4.94. The summed E-state index contributed by atoms with van der Waals surface area (Å²) < 4.78 is 12.7. The van der Waals surface area contributed by atoms with E-state index in [2.05, 4.69) is 5.10 Å². The van der Waals surface area contributed by atoms with Crippen molar-refractivity contribution in [3.05, 3.63) is 22.6 Å². The molecule has 1 atom stereocenters. The summed E-state index contributed by atoms with van der Waals surface area (Å²) in [5.74, 6) is 0.406. The van der Waals surface area contributed by atoms with Gasteiger partial charge in [-0.05, 0) is 38.5 Å². The van der Waals surface area contributed by atoms with Crippen LogP contribution in [-0.4, -0.2) is 22.5 Å². The smallest absolute Gasteiger partial charge is 0.311 e. The van der Waals surface area contributed by atoms with Crippen molar-refractivity contribution in [1.29, 1.82) is 0 Å². The standard InChI is InChI=1S/C13H18N2O3/c16-13-11(18-10-4-3-5-10)7-8-14-15(13)12-6-1-2-9-17-12/h7-8,10,12H,1-6,9H2. The fourth-order valence-corrected chi connectivity index (χ4v) is 2.29. The normalized spacial score (nSPS) is 24.6. The Labute approximate surface area is 106 Å². The van der Waals surface area contributed by atoms with Crippen LogP contribution in [0.1, 0.15) is 44.8 Å². The SMILES string of the molecule is O=c1c(OC2CCC2)ccnn1C1CCCCO1. The fraction of sp³-hybridized carbons (Fsp3) is 0.692. The maximum absolute atomic E-state index is 12.2. The Bertz CT molecular complexity index is 462. The summed E-state index contributed by atoms with van der Waals surface area (Å²) in [6.07, 6.45) is 7.86. The zero-order valence-corrected chi connectivity index (χ0v) is 10.4. The van der Waals surface area contributed by atoms with Crippen LogP contribution in [0, 0.1) is 0 Å². The van der Waals surface area contributed by atoms with Crippen molar-refractivity contribution in [1.82, 2.24) is 9.78 Å². The van der Waals surface area contributed by atoms with E-state index < -0.39 is 0 Å². The molecule has 1 aromatic heterocycles. The van der Waals surface area contributed by atoms with Crippen molar-refractivity contribution < 1.29 is 9.47 Å². The van der Waals surface area contributed by atoms with Crippen LogP contribution < -0.4 is 10.3 Å². The summed E-state index contributed by atoms with van der Waals surface area (Å²) in [6, 6.07) is 1.65. The zero-order valence-electron chi connectivity index (χ0n) is 10.4. The van der Waals surface area contributed by atoms with Gasteiger partial charge in [0.2, 0.25) is 0 Å². The number of hydrogen-bond donors (Lipinski definition) is 0. The molecular formula is C13H18N2O3. The molecule has 1 aliphatic carbocycles. The third-order valence-electron chi connectivity index (χ3n) is 3.61. The lowest BCUT2D eigenvalue weighted by Gasteiger charge is -2.27. The Morgan fingerprint density at radius 2 is 2.17 bits per heavy atom. The van der Waals surface area contributed by atoms with E-state index in [1.807, 2.05) is 0 Å².